The fraction of sp³-hybridized carbons (Fsp3) is 0.250. The number of aliphatic hydroxyl groups is 1. The smallest absolute Gasteiger partial charge is 0.332 e. The highest BCUT2D eigenvalue weighted by Crippen LogP contribution is 2.20. The summed E-state index contributed by atoms with van der Waals surface area (Å²) in [7, 11) is 0. The number of aliphatic carboxylic acids is 1. The molecule has 6 N–H and O–H groups in total. The van der Waals surface area contributed by atoms with Crippen LogP contribution in [0, 0.1) is 23.1 Å². The normalized spacial score (nSPS) is 11.4. The van der Waals surface area contributed by atoms with E-state index in [4.69, 9.17) is 26.4 Å². The highest BCUT2D eigenvalue weighted by Gasteiger charge is 2.15. The van der Waals surface area contributed by atoms with Gasteiger partial charge in [0.25, 0.3) is 0 Å². The number of nitrogens with two attached hydrogens (primary N) is 2. The number of benzene rings is 3. The van der Waals surface area contributed by atoms with Crippen LogP contribution in [-0.4, -0.2) is 28.9 Å². The Labute approximate surface area is 205 Å². The predicted octanol–water partition coefficient (Wildman–Crippen LogP) is 4.26. The molecule has 184 valence electrons. The number of rotatable bonds is 7. The van der Waals surface area contributed by atoms with Crippen molar-refractivity contribution in [1.82, 2.24) is 0 Å². The molecule has 3 aromatic rings. The van der Waals surface area contributed by atoms with Crippen LogP contribution in [0.2, 0.25) is 0 Å². The lowest BCUT2D eigenvalue weighted by atomic mass is 9.95. The Balaban J connectivity index is 0.000000303. The molecule has 0 aliphatic heterocycles. The molecule has 0 heterocycles. The Bertz CT molecular complexity index is 1160. The summed E-state index contributed by atoms with van der Waals surface area (Å²) < 4.78 is 19.0. The van der Waals surface area contributed by atoms with Crippen molar-refractivity contribution in [3.63, 3.8) is 0 Å². The van der Waals surface area contributed by atoms with Crippen LogP contribution < -0.4 is 11.5 Å². The van der Waals surface area contributed by atoms with Gasteiger partial charge in [-0.25, -0.2) is 9.18 Å². The summed E-state index contributed by atoms with van der Waals surface area (Å²) in [6, 6.07) is 21.6. The minimum absolute atomic E-state index is 0.0432. The lowest BCUT2D eigenvalue weighted by Crippen LogP contribution is -2.21. The first-order valence-corrected chi connectivity index (χ1v) is 11.0. The van der Waals surface area contributed by atoms with Gasteiger partial charge in [0.2, 0.25) is 0 Å². The van der Waals surface area contributed by atoms with Gasteiger partial charge in [-0.05, 0) is 31.0 Å². The van der Waals surface area contributed by atoms with Gasteiger partial charge in [0.05, 0.1) is 24.6 Å². The van der Waals surface area contributed by atoms with Gasteiger partial charge in [0, 0.05) is 23.5 Å². The molecule has 7 heteroatoms. The second-order valence-electron chi connectivity index (χ2n) is 8.62. The van der Waals surface area contributed by atoms with E-state index in [0.29, 0.717) is 18.8 Å². The maximum Gasteiger partial charge on any atom is 0.332 e. The van der Waals surface area contributed by atoms with Gasteiger partial charge in [0.15, 0.2) is 6.10 Å². The lowest BCUT2D eigenvalue weighted by molar-refractivity contribution is -0.146. The summed E-state index contributed by atoms with van der Waals surface area (Å²) in [4.78, 5) is 10.3. The molecule has 6 nitrogen and oxygen atoms in total. The van der Waals surface area contributed by atoms with Gasteiger partial charge in [-0.3, -0.25) is 0 Å². The summed E-state index contributed by atoms with van der Waals surface area (Å²) in [5.41, 5.74) is 13.8. The van der Waals surface area contributed by atoms with Gasteiger partial charge >= 0.3 is 5.97 Å². The van der Waals surface area contributed by atoms with E-state index in [1.165, 1.54) is 12.1 Å². The van der Waals surface area contributed by atoms with E-state index in [1.807, 2.05) is 62.4 Å². The third-order valence-electron chi connectivity index (χ3n) is 4.84. The molecule has 0 amide bonds. The fourth-order valence-electron chi connectivity index (χ4n) is 2.91. The van der Waals surface area contributed by atoms with E-state index in [9.17, 15) is 9.18 Å². The van der Waals surface area contributed by atoms with Gasteiger partial charge < -0.3 is 26.4 Å². The second kappa shape index (κ2) is 13.1. The van der Waals surface area contributed by atoms with Gasteiger partial charge in [0.1, 0.15) is 5.82 Å². The number of ether oxygens (including phenoxy) is 1. The molecule has 1 atom stereocenters. The highest BCUT2D eigenvalue weighted by atomic mass is 19.1. The molecule has 0 saturated heterocycles. The Morgan fingerprint density at radius 1 is 1.00 bits per heavy atom. The fourth-order valence-corrected chi connectivity index (χ4v) is 2.91. The molecule has 1 unspecified atom stereocenters. The maximum atomic E-state index is 13.3. The molecule has 0 saturated carbocycles. The van der Waals surface area contributed by atoms with Crippen molar-refractivity contribution in [1.29, 1.82) is 0 Å². The third kappa shape index (κ3) is 9.88. The molecule has 35 heavy (non-hydrogen) atoms. The average molecular weight is 479 g/mol. The van der Waals surface area contributed by atoms with Crippen LogP contribution in [0.25, 0.3) is 0 Å². The van der Waals surface area contributed by atoms with Crippen LogP contribution in [0.5, 0.6) is 0 Å². The summed E-state index contributed by atoms with van der Waals surface area (Å²) in [5.74, 6) is 4.37. The minimum Gasteiger partial charge on any atom is -0.479 e. The number of hydrogen-bond donors (Lipinski definition) is 4. The number of carbonyl (C=O) groups is 1. The lowest BCUT2D eigenvalue weighted by Gasteiger charge is -2.17. The van der Waals surface area contributed by atoms with E-state index in [2.05, 4.69) is 11.8 Å². The average Bonchev–Trinajstić information content (AvgIpc) is 2.82. The Hall–Kier alpha value is -3.86. The Morgan fingerprint density at radius 3 is 2.14 bits per heavy atom. The van der Waals surface area contributed by atoms with E-state index in [0.717, 1.165) is 11.1 Å². The van der Waals surface area contributed by atoms with Crippen LogP contribution in [0.3, 0.4) is 0 Å². The largest absolute Gasteiger partial charge is 0.479 e. The molecule has 0 aliphatic carbocycles. The van der Waals surface area contributed by atoms with Crippen LogP contribution in [-0.2, 0) is 22.6 Å². The zero-order chi connectivity index (χ0) is 25.8. The van der Waals surface area contributed by atoms with Crippen molar-refractivity contribution >= 4 is 17.3 Å². The van der Waals surface area contributed by atoms with Crippen molar-refractivity contribution in [3.8, 4) is 11.8 Å². The maximum absolute atomic E-state index is 13.3. The number of aliphatic hydroxyl groups excluding tert-OH is 1. The first-order valence-electron chi connectivity index (χ1n) is 11.0. The van der Waals surface area contributed by atoms with Gasteiger partial charge in [-0.1, -0.05) is 72.5 Å². The molecular formula is C28H31FN2O4. The zero-order valence-corrected chi connectivity index (χ0v) is 19.9. The predicted molar refractivity (Wildman–Crippen MR) is 136 cm³/mol. The second-order valence-corrected chi connectivity index (χ2v) is 8.62. The number of anilines is 2. The Kier molecular flexibility index (Phi) is 10.3. The van der Waals surface area contributed by atoms with Crippen molar-refractivity contribution < 1.29 is 24.1 Å². The van der Waals surface area contributed by atoms with Gasteiger partial charge in [-0.2, -0.15) is 0 Å². The summed E-state index contributed by atoms with van der Waals surface area (Å²) in [6.45, 7) is 4.98. The van der Waals surface area contributed by atoms with Crippen molar-refractivity contribution in [2.24, 2.45) is 5.41 Å². The number of halogens is 1. The summed E-state index contributed by atoms with van der Waals surface area (Å²) >= 11 is 0. The van der Waals surface area contributed by atoms with Crippen LogP contribution >= 0.6 is 0 Å². The summed E-state index contributed by atoms with van der Waals surface area (Å²) in [6.07, 6.45) is -1.14. The van der Waals surface area contributed by atoms with E-state index in [-0.39, 0.29) is 23.2 Å². The van der Waals surface area contributed by atoms with Crippen LogP contribution in [0.15, 0.2) is 72.8 Å². The molecule has 3 aromatic carbocycles. The molecule has 3 rings (SSSR count). The quantitative estimate of drug-likeness (QED) is 0.298. The molecular weight excluding hydrogens is 447 g/mol. The molecule has 0 bridgehead atoms. The highest BCUT2D eigenvalue weighted by molar-refractivity contribution is 5.72. The molecule has 0 aromatic heterocycles. The van der Waals surface area contributed by atoms with Crippen LogP contribution in [0.4, 0.5) is 15.8 Å². The molecule has 0 spiro atoms. The molecule has 0 fully saturated rings. The summed E-state index contributed by atoms with van der Waals surface area (Å²) in [5, 5.41) is 17.4. The van der Waals surface area contributed by atoms with E-state index in [1.54, 1.807) is 12.1 Å². The minimum atomic E-state index is -1.30. The molecule has 0 radical (unpaired) electrons. The van der Waals surface area contributed by atoms with Crippen molar-refractivity contribution in [2.75, 3.05) is 18.1 Å². The van der Waals surface area contributed by atoms with E-state index >= 15 is 0 Å². The first kappa shape index (κ1) is 27.4. The SMILES string of the molecule is CC(C)(C#Cc1cc(N)c(F)cc1N)COCc1ccccc1.O=C(O)C(O)Cc1ccccc1. The zero-order valence-electron chi connectivity index (χ0n) is 19.9. The van der Waals surface area contributed by atoms with Crippen molar-refractivity contribution in [2.45, 2.75) is 33.0 Å². The number of carboxylic acids is 1. The topological polar surface area (TPSA) is 119 Å². The monoisotopic (exact) mass is 478 g/mol. The number of nitrogen functional groups attached to an aromatic ring is 2. The van der Waals surface area contributed by atoms with Gasteiger partial charge in [-0.15, -0.1) is 0 Å². The van der Waals surface area contributed by atoms with Crippen LogP contribution in [0.1, 0.15) is 30.5 Å². The third-order valence-corrected chi connectivity index (χ3v) is 4.84. The number of carboxylic acid groups (broad SMARTS) is 1. The first-order chi connectivity index (χ1) is 16.6. The van der Waals surface area contributed by atoms with E-state index < -0.39 is 17.9 Å². The standard InChI is InChI=1S/C19H21FN2O.C9H10O3/c1-19(2,13-23-12-14-6-4-3-5-7-14)9-8-15-10-18(22)16(20)11-17(15)21;10-8(9(11)12)6-7-4-2-1-3-5-7/h3-7,10-11H,12-13,21-22H2,1-2H3;1-5,8,10H,6H2,(H,11,12). The van der Waals surface area contributed by atoms with Crippen molar-refractivity contribution in [3.05, 3.63) is 95.3 Å². The Morgan fingerprint density at radius 2 is 1.57 bits per heavy atom. The molecule has 0 aliphatic rings. The number of hydrogen-bond acceptors (Lipinski definition) is 5.